The van der Waals surface area contributed by atoms with Crippen molar-refractivity contribution >= 4 is 5.84 Å². The van der Waals surface area contributed by atoms with Gasteiger partial charge in [0.2, 0.25) is 0 Å². The number of hydrazine groups is 1. The Kier molecular flexibility index (Phi) is 5.34. The number of hydrogen-bond donors (Lipinski definition) is 1. The maximum Gasteiger partial charge on any atom is 0.145 e. The van der Waals surface area contributed by atoms with Gasteiger partial charge in [-0.05, 0) is 23.1 Å². The summed E-state index contributed by atoms with van der Waals surface area (Å²) < 4.78 is 19.9. The zero-order valence-corrected chi connectivity index (χ0v) is 14.7. The van der Waals surface area contributed by atoms with E-state index in [9.17, 15) is 4.39 Å². The van der Waals surface area contributed by atoms with Crippen molar-refractivity contribution in [3.63, 3.8) is 0 Å². The minimum atomic E-state index is -0.237. The summed E-state index contributed by atoms with van der Waals surface area (Å²) in [6.45, 7) is 6.19. The van der Waals surface area contributed by atoms with Gasteiger partial charge in [0.25, 0.3) is 0 Å². The number of nitrogens with zero attached hydrogens (tertiary/aromatic N) is 2. The first-order chi connectivity index (χ1) is 12.0. The van der Waals surface area contributed by atoms with Crippen LogP contribution in [-0.4, -0.2) is 30.5 Å². The van der Waals surface area contributed by atoms with E-state index in [-0.39, 0.29) is 5.82 Å². The van der Waals surface area contributed by atoms with E-state index >= 15 is 0 Å². The van der Waals surface area contributed by atoms with Crippen LogP contribution in [0, 0.1) is 11.7 Å². The van der Waals surface area contributed by atoms with Crippen molar-refractivity contribution in [3.8, 4) is 5.75 Å². The van der Waals surface area contributed by atoms with Crippen LogP contribution in [-0.2, 0) is 6.42 Å². The quantitative estimate of drug-likeness (QED) is 0.820. The van der Waals surface area contributed by atoms with Crippen molar-refractivity contribution in [1.82, 2.24) is 5.01 Å². The average Bonchev–Trinajstić information content (AvgIpc) is 3.02. The standard InChI is InChI=1S/C20H24FN3O/c1-14(2)13-25-18-8-7-17(19(21)12-18)11-15-3-5-16(6-4-15)20-23-9-10-24(20)22/h3-8,12,14H,9-11,13,22H2,1-2H3. The highest BCUT2D eigenvalue weighted by atomic mass is 19.1. The molecule has 0 radical (unpaired) electrons. The molecular formula is C20H24FN3O. The fourth-order valence-corrected chi connectivity index (χ4v) is 2.73. The smallest absolute Gasteiger partial charge is 0.145 e. The molecule has 0 atom stereocenters. The second-order valence-corrected chi connectivity index (χ2v) is 6.73. The maximum atomic E-state index is 14.3. The lowest BCUT2D eigenvalue weighted by Crippen LogP contribution is -2.34. The molecule has 1 aliphatic rings. The molecule has 1 heterocycles. The van der Waals surface area contributed by atoms with Crippen molar-refractivity contribution in [3.05, 3.63) is 65.0 Å². The summed E-state index contributed by atoms with van der Waals surface area (Å²) in [6, 6.07) is 13.0. The van der Waals surface area contributed by atoms with Gasteiger partial charge >= 0.3 is 0 Å². The molecule has 132 valence electrons. The van der Waals surface area contributed by atoms with Crippen LogP contribution in [0.3, 0.4) is 0 Å². The van der Waals surface area contributed by atoms with Gasteiger partial charge in [-0.1, -0.05) is 44.2 Å². The van der Waals surface area contributed by atoms with Crippen LogP contribution in [0.2, 0.25) is 0 Å². The Morgan fingerprint density at radius 1 is 1.20 bits per heavy atom. The summed E-state index contributed by atoms with van der Waals surface area (Å²) >= 11 is 0. The lowest BCUT2D eigenvalue weighted by atomic mass is 10.0. The molecule has 0 aromatic heterocycles. The van der Waals surface area contributed by atoms with Gasteiger partial charge in [0.05, 0.1) is 19.7 Å². The van der Waals surface area contributed by atoms with Gasteiger partial charge in [-0.25, -0.2) is 10.2 Å². The minimum Gasteiger partial charge on any atom is -0.493 e. The SMILES string of the molecule is CC(C)COc1ccc(Cc2ccc(C3=NCCN3N)cc2)c(F)c1. The number of rotatable bonds is 6. The highest BCUT2D eigenvalue weighted by Gasteiger charge is 2.15. The molecule has 0 saturated carbocycles. The predicted molar refractivity (Wildman–Crippen MR) is 98.3 cm³/mol. The lowest BCUT2D eigenvalue weighted by Gasteiger charge is -2.13. The molecular weight excluding hydrogens is 317 g/mol. The number of amidine groups is 1. The van der Waals surface area contributed by atoms with Gasteiger partial charge in [0.1, 0.15) is 17.4 Å². The zero-order valence-electron chi connectivity index (χ0n) is 14.7. The maximum absolute atomic E-state index is 14.3. The number of nitrogens with two attached hydrogens (primary N) is 1. The Bertz CT molecular complexity index is 756. The van der Waals surface area contributed by atoms with E-state index < -0.39 is 0 Å². The molecule has 0 fully saturated rings. The number of hydrogen-bond acceptors (Lipinski definition) is 4. The molecule has 0 spiro atoms. The summed E-state index contributed by atoms with van der Waals surface area (Å²) in [6.07, 6.45) is 0.537. The van der Waals surface area contributed by atoms with E-state index in [0.29, 0.717) is 30.3 Å². The highest BCUT2D eigenvalue weighted by Crippen LogP contribution is 2.20. The third-order valence-electron chi connectivity index (χ3n) is 4.09. The Hall–Kier alpha value is -2.40. The van der Waals surface area contributed by atoms with Crippen molar-refractivity contribution in [2.45, 2.75) is 20.3 Å². The summed E-state index contributed by atoms with van der Waals surface area (Å²) in [4.78, 5) is 4.40. The molecule has 2 aromatic carbocycles. The van der Waals surface area contributed by atoms with Crippen molar-refractivity contribution in [1.29, 1.82) is 0 Å². The first kappa shape index (κ1) is 17.4. The molecule has 2 N–H and O–H groups in total. The molecule has 5 heteroatoms. The van der Waals surface area contributed by atoms with E-state index in [1.807, 2.05) is 30.3 Å². The highest BCUT2D eigenvalue weighted by molar-refractivity contribution is 5.99. The zero-order chi connectivity index (χ0) is 17.8. The molecule has 0 saturated heterocycles. The van der Waals surface area contributed by atoms with Crippen LogP contribution >= 0.6 is 0 Å². The van der Waals surface area contributed by atoms with E-state index in [4.69, 9.17) is 10.6 Å². The van der Waals surface area contributed by atoms with Gasteiger partial charge in [-0.2, -0.15) is 0 Å². The number of benzene rings is 2. The van der Waals surface area contributed by atoms with E-state index in [1.165, 1.54) is 6.07 Å². The molecule has 2 aromatic rings. The second kappa shape index (κ2) is 7.66. The summed E-state index contributed by atoms with van der Waals surface area (Å²) in [5.74, 6) is 7.45. The number of aliphatic imine (C=N–C) groups is 1. The predicted octanol–water partition coefficient (Wildman–Crippen LogP) is 3.39. The van der Waals surface area contributed by atoms with E-state index in [0.717, 1.165) is 30.1 Å². The van der Waals surface area contributed by atoms with Gasteiger partial charge in [0.15, 0.2) is 0 Å². The second-order valence-electron chi connectivity index (χ2n) is 6.73. The first-order valence-corrected chi connectivity index (χ1v) is 8.60. The fraction of sp³-hybridized carbons (Fsp3) is 0.350. The molecule has 25 heavy (non-hydrogen) atoms. The topological polar surface area (TPSA) is 50.8 Å². The van der Waals surface area contributed by atoms with Crippen LogP contribution in [0.1, 0.15) is 30.5 Å². The lowest BCUT2D eigenvalue weighted by molar-refractivity contribution is 0.270. The summed E-state index contributed by atoms with van der Waals surface area (Å²) in [7, 11) is 0. The Labute approximate surface area is 148 Å². The van der Waals surface area contributed by atoms with Crippen LogP contribution in [0.25, 0.3) is 0 Å². The Morgan fingerprint density at radius 3 is 2.56 bits per heavy atom. The van der Waals surface area contributed by atoms with Crippen LogP contribution in [0.5, 0.6) is 5.75 Å². The third-order valence-corrected chi connectivity index (χ3v) is 4.09. The minimum absolute atomic E-state index is 0.237. The average molecular weight is 341 g/mol. The van der Waals surface area contributed by atoms with Crippen molar-refractivity contribution < 1.29 is 9.13 Å². The third kappa shape index (κ3) is 4.37. The number of ether oxygens (including phenoxy) is 1. The van der Waals surface area contributed by atoms with Gasteiger partial charge in [0, 0.05) is 18.1 Å². The van der Waals surface area contributed by atoms with Crippen molar-refractivity contribution in [2.24, 2.45) is 16.8 Å². The monoisotopic (exact) mass is 341 g/mol. The first-order valence-electron chi connectivity index (χ1n) is 8.60. The van der Waals surface area contributed by atoms with Crippen molar-refractivity contribution in [2.75, 3.05) is 19.7 Å². The Balaban J connectivity index is 1.68. The molecule has 1 aliphatic heterocycles. The molecule has 0 amide bonds. The normalized spacial score (nSPS) is 14.1. The van der Waals surface area contributed by atoms with Crippen LogP contribution in [0.4, 0.5) is 4.39 Å². The number of halogens is 1. The largest absolute Gasteiger partial charge is 0.493 e. The Morgan fingerprint density at radius 2 is 1.96 bits per heavy atom. The van der Waals surface area contributed by atoms with E-state index in [2.05, 4.69) is 18.8 Å². The molecule has 3 rings (SSSR count). The van der Waals surface area contributed by atoms with E-state index in [1.54, 1.807) is 11.1 Å². The van der Waals surface area contributed by atoms with Gasteiger partial charge in [-0.3, -0.25) is 10.0 Å². The molecule has 0 aliphatic carbocycles. The van der Waals surface area contributed by atoms with Crippen LogP contribution < -0.4 is 10.6 Å². The summed E-state index contributed by atoms with van der Waals surface area (Å²) in [5.41, 5.74) is 2.69. The molecule has 0 bridgehead atoms. The fourth-order valence-electron chi connectivity index (χ4n) is 2.73. The molecule has 4 nitrogen and oxygen atoms in total. The van der Waals surface area contributed by atoms with Gasteiger partial charge < -0.3 is 4.74 Å². The van der Waals surface area contributed by atoms with Crippen LogP contribution in [0.15, 0.2) is 47.5 Å². The molecule has 0 unspecified atom stereocenters. The van der Waals surface area contributed by atoms with Gasteiger partial charge in [-0.15, -0.1) is 0 Å². The summed E-state index contributed by atoms with van der Waals surface area (Å²) in [5, 5.41) is 1.66.